The molecular weight excluding hydrogens is 434 g/mol. The Hall–Kier alpha value is -3.47. The van der Waals surface area contributed by atoms with E-state index in [-0.39, 0.29) is 18.6 Å². The van der Waals surface area contributed by atoms with Crippen LogP contribution in [0, 0.1) is 6.92 Å². The molecule has 34 heavy (non-hydrogen) atoms. The second-order valence-corrected chi connectivity index (χ2v) is 9.29. The maximum Gasteiger partial charge on any atom is 0.274 e. The van der Waals surface area contributed by atoms with Crippen LogP contribution in [0.25, 0.3) is 5.65 Å². The predicted octanol–water partition coefficient (Wildman–Crippen LogP) is 2.14. The summed E-state index contributed by atoms with van der Waals surface area (Å²) in [5.41, 5.74) is 9.34. The van der Waals surface area contributed by atoms with Crippen molar-refractivity contribution in [3.8, 4) is 0 Å². The zero-order valence-corrected chi connectivity index (χ0v) is 19.7. The van der Waals surface area contributed by atoms with E-state index in [0.29, 0.717) is 35.0 Å². The predicted molar refractivity (Wildman–Crippen MR) is 130 cm³/mol. The van der Waals surface area contributed by atoms with Gasteiger partial charge >= 0.3 is 0 Å². The number of pyridine rings is 1. The molecule has 0 aliphatic heterocycles. The molecule has 4 rings (SSSR count). The van der Waals surface area contributed by atoms with Crippen molar-refractivity contribution in [2.75, 3.05) is 11.9 Å². The third kappa shape index (κ3) is 5.71. The van der Waals surface area contributed by atoms with Gasteiger partial charge in [0.25, 0.3) is 5.91 Å². The van der Waals surface area contributed by atoms with Gasteiger partial charge in [-0.25, -0.2) is 15.9 Å². The Bertz CT molecular complexity index is 1230. The van der Waals surface area contributed by atoms with Crippen LogP contribution in [-0.4, -0.2) is 49.6 Å². The van der Waals surface area contributed by atoms with Crippen molar-refractivity contribution in [3.05, 3.63) is 65.1 Å². The van der Waals surface area contributed by atoms with Gasteiger partial charge < -0.3 is 20.9 Å². The molecule has 1 fully saturated rings. The molecule has 0 saturated heterocycles. The van der Waals surface area contributed by atoms with Gasteiger partial charge in [0.2, 0.25) is 0 Å². The number of nitrogens with zero attached hydrogens (tertiary/aromatic N) is 4. The van der Waals surface area contributed by atoms with Gasteiger partial charge in [-0.3, -0.25) is 9.20 Å². The summed E-state index contributed by atoms with van der Waals surface area (Å²) < 4.78 is 7.27. The first-order chi connectivity index (χ1) is 16.1. The number of hydrogen-bond acceptors (Lipinski definition) is 7. The van der Waals surface area contributed by atoms with E-state index >= 15 is 0 Å². The number of amidine groups is 1. The van der Waals surface area contributed by atoms with Crippen molar-refractivity contribution >= 4 is 23.1 Å². The number of carbonyl (C=O) groups excluding carboxylic acids is 1. The number of aryl methyl sites for hydroxylation is 1. The zero-order valence-electron chi connectivity index (χ0n) is 19.7. The average molecular weight is 466 g/mol. The van der Waals surface area contributed by atoms with E-state index in [2.05, 4.69) is 15.4 Å². The van der Waals surface area contributed by atoms with Crippen LogP contribution >= 0.6 is 0 Å². The molecule has 2 aromatic heterocycles. The Morgan fingerprint density at radius 2 is 2.12 bits per heavy atom. The highest BCUT2D eigenvalue weighted by atomic mass is 16.5. The van der Waals surface area contributed by atoms with E-state index in [4.69, 9.17) is 16.3 Å². The van der Waals surface area contributed by atoms with Gasteiger partial charge in [0, 0.05) is 17.4 Å². The Morgan fingerprint density at radius 1 is 1.35 bits per heavy atom. The number of imidazole rings is 1. The molecule has 0 unspecified atom stereocenters. The van der Waals surface area contributed by atoms with Gasteiger partial charge in [-0.05, 0) is 62.9 Å². The van der Waals surface area contributed by atoms with Gasteiger partial charge in [0.1, 0.15) is 11.3 Å². The Morgan fingerprint density at radius 3 is 2.82 bits per heavy atom. The summed E-state index contributed by atoms with van der Waals surface area (Å²) in [6.07, 6.45) is 5.33. The lowest BCUT2D eigenvalue weighted by molar-refractivity contribution is -0.0268. The monoisotopic (exact) mass is 465 g/mol. The third-order valence-electron chi connectivity index (χ3n) is 5.46. The van der Waals surface area contributed by atoms with Crippen molar-refractivity contribution in [1.29, 1.82) is 0 Å². The van der Waals surface area contributed by atoms with Crippen molar-refractivity contribution in [3.63, 3.8) is 0 Å². The van der Waals surface area contributed by atoms with Crippen molar-refractivity contribution in [2.45, 2.75) is 51.9 Å². The summed E-state index contributed by atoms with van der Waals surface area (Å²) in [4.78, 5) is 17.4. The molecule has 0 atom stereocenters. The van der Waals surface area contributed by atoms with Crippen LogP contribution in [0.5, 0.6) is 0 Å². The van der Waals surface area contributed by atoms with Crippen molar-refractivity contribution in [1.82, 2.24) is 14.5 Å². The Kier molecular flexibility index (Phi) is 6.56. The number of ether oxygens (including phenoxy) is 1. The number of rotatable bonds is 9. The van der Waals surface area contributed by atoms with Gasteiger partial charge in [-0.1, -0.05) is 12.1 Å². The molecule has 0 bridgehead atoms. The fourth-order valence-corrected chi connectivity index (χ4v) is 3.40. The van der Waals surface area contributed by atoms with E-state index in [1.807, 2.05) is 31.2 Å². The number of fused-ring (bicyclic) bond motifs is 1. The molecule has 180 valence electrons. The number of anilines is 1. The maximum atomic E-state index is 13.1. The molecule has 6 N–H and O–H groups in total. The molecule has 0 radical (unpaired) electrons. The maximum absolute atomic E-state index is 13.1. The molecule has 10 heteroatoms. The molecule has 0 spiro atoms. The fourth-order valence-electron chi connectivity index (χ4n) is 3.40. The lowest BCUT2D eigenvalue weighted by Gasteiger charge is -2.16. The molecule has 3 aromatic rings. The van der Waals surface area contributed by atoms with Crippen LogP contribution < -0.4 is 16.9 Å². The molecule has 1 aliphatic rings. The number of benzene rings is 1. The molecule has 10 nitrogen and oxygen atoms in total. The molecule has 1 amide bonds. The number of hydrazone groups is 1. The van der Waals surface area contributed by atoms with E-state index in [9.17, 15) is 9.90 Å². The van der Waals surface area contributed by atoms with E-state index in [0.717, 1.165) is 24.0 Å². The quantitative estimate of drug-likeness (QED) is 0.164. The van der Waals surface area contributed by atoms with Gasteiger partial charge in [0.05, 0.1) is 31.1 Å². The molecule has 2 heterocycles. The standard InChI is InChI=1S/C24H31N7O3/c1-15-4-5-17(22(25)29-31(26)18-6-7-18)11-19(15)28-23(32)20-12-27-21-10-16(8-9-30(20)21)13-34-14-24(2,3)33/h4-5,8-12,18,33H,6-7,13-14,26H2,1-3H3,(H2,25,29)(H,28,32). The Balaban J connectivity index is 1.48. The number of hydrogen-bond donors (Lipinski definition) is 4. The highest BCUT2D eigenvalue weighted by molar-refractivity contribution is 6.05. The number of hydrazine groups is 1. The minimum absolute atomic E-state index is 0.220. The summed E-state index contributed by atoms with van der Waals surface area (Å²) in [6.45, 7) is 5.84. The highest BCUT2D eigenvalue weighted by Crippen LogP contribution is 2.25. The van der Waals surface area contributed by atoms with Gasteiger partial charge in [0.15, 0.2) is 5.84 Å². The minimum atomic E-state index is -0.893. The molecule has 1 saturated carbocycles. The first-order valence-electron chi connectivity index (χ1n) is 11.2. The van der Waals surface area contributed by atoms with Gasteiger partial charge in [-0.2, -0.15) is 0 Å². The first kappa shape index (κ1) is 23.7. The summed E-state index contributed by atoms with van der Waals surface area (Å²) in [5, 5.41) is 18.4. The van der Waals surface area contributed by atoms with E-state index in [1.54, 1.807) is 30.5 Å². The molecule has 1 aliphatic carbocycles. The summed E-state index contributed by atoms with van der Waals surface area (Å²) in [6, 6.07) is 9.46. The van der Waals surface area contributed by atoms with Crippen LogP contribution in [0.4, 0.5) is 5.69 Å². The lowest BCUT2D eigenvalue weighted by atomic mass is 10.1. The smallest absolute Gasteiger partial charge is 0.274 e. The zero-order chi connectivity index (χ0) is 24.5. The topological polar surface area (TPSA) is 144 Å². The second-order valence-electron chi connectivity index (χ2n) is 9.29. The number of amides is 1. The molecular formula is C24H31N7O3. The fraction of sp³-hybridized carbons (Fsp3) is 0.375. The number of aromatic nitrogens is 2. The van der Waals surface area contributed by atoms with E-state index < -0.39 is 5.60 Å². The van der Waals surface area contributed by atoms with Crippen LogP contribution in [0.1, 0.15) is 53.9 Å². The third-order valence-corrected chi connectivity index (χ3v) is 5.46. The van der Waals surface area contributed by atoms with Crippen LogP contribution in [0.3, 0.4) is 0 Å². The van der Waals surface area contributed by atoms with Crippen molar-refractivity contribution in [2.24, 2.45) is 16.7 Å². The summed E-state index contributed by atoms with van der Waals surface area (Å²) in [5.74, 6) is 5.90. The van der Waals surface area contributed by atoms with Crippen molar-refractivity contribution < 1.29 is 14.6 Å². The van der Waals surface area contributed by atoms with Crippen LogP contribution in [0.2, 0.25) is 0 Å². The van der Waals surface area contributed by atoms with Crippen LogP contribution in [0.15, 0.2) is 47.8 Å². The number of nitrogens with one attached hydrogen (secondary N) is 1. The first-order valence-corrected chi connectivity index (χ1v) is 11.2. The largest absolute Gasteiger partial charge is 0.388 e. The average Bonchev–Trinajstić information content (AvgIpc) is 3.54. The van der Waals surface area contributed by atoms with Crippen LogP contribution in [-0.2, 0) is 11.3 Å². The highest BCUT2D eigenvalue weighted by Gasteiger charge is 2.26. The second kappa shape index (κ2) is 9.41. The summed E-state index contributed by atoms with van der Waals surface area (Å²) in [7, 11) is 0. The summed E-state index contributed by atoms with van der Waals surface area (Å²) >= 11 is 0. The van der Waals surface area contributed by atoms with E-state index in [1.165, 1.54) is 11.3 Å². The number of carbonyl (C=O) groups is 1. The van der Waals surface area contributed by atoms with Gasteiger partial charge in [-0.15, -0.1) is 5.10 Å². The minimum Gasteiger partial charge on any atom is -0.388 e. The SMILES string of the molecule is Cc1ccc(/C(N)=N/N(N)C2CC2)cc1NC(=O)c1cnc2cc(COCC(C)(C)O)ccn12. The lowest BCUT2D eigenvalue weighted by Crippen LogP contribution is -2.31. The molecule has 1 aromatic carbocycles. The number of nitrogens with two attached hydrogens (primary N) is 2. The normalized spacial score (nSPS) is 14.4. The number of aliphatic hydroxyl groups is 1. The Labute approximate surface area is 198 Å².